The fourth-order valence-corrected chi connectivity index (χ4v) is 1.51. The van der Waals surface area contributed by atoms with Gasteiger partial charge in [0.15, 0.2) is 5.11 Å². The molecule has 0 atom stereocenters. The van der Waals surface area contributed by atoms with E-state index in [4.69, 9.17) is 5.73 Å². The molecule has 4 nitrogen and oxygen atoms in total. The van der Waals surface area contributed by atoms with Gasteiger partial charge in [0, 0.05) is 4.47 Å². The summed E-state index contributed by atoms with van der Waals surface area (Å²) in [4.78, 5) is 11.3. The summed E-state index contributed by atoms with van der Waals surface area (Å²) in [6.07, 6.45) is 0.273. The van der Waals surface area contributed by atoms with Crippen molar-refractivity contribution in [1.29, 1.82) is 0 Å². The first-order valence-corrected chi connectivity index (χ1v) is 5.37. The molecule has 0 aliphatic rings. The quantitative estimate of drug-likeness (QED) is 0.558. The summed E-state index contributed by atoms with van der Waals surface area (Å²) in [5, 5.41) is 0.0394. The van der Waals surface area contributed by atoms with Gasteiger partial charge in [0.2, 0.25) is 5.91 Å². The fourth-order valence-electron chi connectivity index (χ4n) is 1.01. The van der Waals surface area contributed by atoms with Crippen molar-refractivity contribution in [3.05, 3.63) is 34.3 Å². The summed E-state index contributed by atoms with van der Waals surface area (Å²) in [5.74, 6) is -0.194. The van der Waals surface area contributed by atoms with E-state index in [2.05, 4.69) is 39.0 Å². The highest BCUT2D eigenvalue weighted by atomic mass is 79.9. The highest BCUT2D eigenvalue weighted by Crippen LogP contribution is 2.11. The third kappa shape index (κ3) is 4.75. The van der Waals surface area contributed by atoms with E-state index in [0.29, 0.717) is 0 Å². The molecule has 0 fully saturated rings. The van der Waals surface area contributed by atoms with E-state index >= 15 is 0 Å². The minimum atomic E-state index is -0.194. The van der Waals surface area contributed by atoms with E-state index in [9.17, 15) is 4.79 Å². The smallest absolute Gasteiger partial charge is 0.242 e. The van der Waals surface area contributed by atoms with Gasteiger partial charge in [-0.1, -0.05) is 28.1 Å². The molecule has 0 heterocycles. The second-order valence-corrected chi connectivity index (χ2v) is 4.20. The predicted octanol–water partition coefficient (Wildman–Crippen LogP) is 0.856. The Labute approximate surface area is 101 Å². The van der Waals surface area contributed by atoms with E-state index in [1.165, 1.54) is 0 Å². The summed E-state index contributed by atoms with van der Waals surface area (Å²) < 4.78 is 0.940. The zero-order valence-corrected chi connectivity index (χ0v) is 10.2. The zero-order valence-electron chi connectivity index (χ0n) is 7.79. The maximum absolute atomic E-state index is 11.3. The fraction of sp³-hybridized carbons (Fsp3) is 0.111. The molecule has 0 aliphatic carbocycles. The van der Waals surface area contributed by atoms with E-state index in [-0.39, 0.29) is 17.4 Å². The van der Waals surface area contributed by atoms with Crippen molar-refractivity contribution in [3.63, 3.8) is 0 Å². The predicted molar refractivity (Wildman–Crippen MR) is 65.9 cm³/mol. The molecule has 0 unspecified atom stereocenters. The lowest BCUT2D eigenvalue weighted by atomic mass is 10.1. The van der Waals surface area contributed by atoms with E-state index in [1.54, 1.807) is 0 Å². The Balaban J connectivity index is 2.48. The van der Waals surface area contributed by atoms with E-state index in [0.717, 1.165) is 10.0 Å². The van der Waals surface area contributed by atoms with Crippen molar-refractivity contribution in [1.82, 2.24) is 10.9 Å². The van der Waals surface area contributed by atoms with E-state index < -0.39 is 0 Å². The van der Waals surface area contributed by atoms with Crippen LogP contribution in [0.3, 0.4) is 0 Å². The van der Waals surface area contributed by atoms with Gasteiger partial charge in [-0.2, -0.15) is 0 Å². The number of carbonyl (C=O) groups excluding carboxylic acids is 1. The normalized spacial score (nSPS) is 9.40. The standard InChI is InChI=1S/C9H10BrN3OS/c10-7-3-1-2-6(4-7)5-8(14)12-13-9(11)15/h1-4H,5H2,(H,12,14)(H3,11,13,15). The van der Waals surface area contributed by atoms with Crippen LogP contribution >= 0.6 is 28.1 Å². The van der Waals surface area contributed by atoms with Crippen molar-refractivity contribution in [2.24, 2.45) is 5.73 Å². The molecular weight excluding hydrogens is 278 g/mol. The largest absolute Gasteiger partial charge is 0.375 e. The van der Waals surface area contributed by atoms with Crippen LogP contribution in [0.25, 0.3) is 0 Å². The first-order chi connectivity index (χ1) is 7.08. The lowest BCUT2D eigenvalue weighted by molar-refractivity contribution is -0.121. The molecule has 0 saturated carbocycles. The molecule has 1 aromatic rings. The minimum Gasteiger partial charge on any atom is -0.375 e. The van der Waals surface area contributed by atoms with Gasteiger partial charge in [-0.05, 0) is 29.9 Å². The van der Waals surface area contributed by atoms with Crippen LogP contribution in [0, 0.1) is 0 Å². The molecule has 80 valence electrons. The number of rotatable bonds is 2. The lowest BCUT2D eigenvalue weighted by Gasteiger charge is -2.06. The Bertz CT molecular complexity index is 383. The summed E-state index contributed by atoms with van der Waals surface area (Å²) in [7, 11) is 0. The van der Waals surface area contributed by atoms with Gasteiger partial charge in [0.25, 0.3) is 0 Å². The molecule has 0 radical (unpaired) electrons. The highest BCUT2D eigenvalue weighted by molar-refractivity contribution is 9.10. The Morgan fingerprint density at radius 1 is 1.47 bits per heavy atom. The van der Waals surface area contributed by atoms with Gasteiger partial charge in [0.05, 0.1) is 6.42 Å². The second-order valence-electron chi connectivity index (χ2n) is 2.84. The molecule has 6 heteroatoms. The van der Waals surface area contributed by atoms with Crippen LogP contribution in [0.15, 0.2) is 28.7 Å². The first-order valence-electron chi connectivity index (χ1n) is 4.16. The maximum atomic E-state index is 11.3. The van der Waals surface area contributed by atoms with Gasteiger partial charge in [-0.25, -0.2) is 0 Å². The minimum absolute atomic E-state index is 0.0394. The van der Waals surface area contributed by atoms with Crippen molar-refractivity contribution >= 4 is 39.2 Å². The molecule has 0 spiro atoms. The van der Waals surface area contributed by atoms with E-state index in [1.807, 2.05) is 24.3 Å². The van der Waals surface area contributed by atoms with Gasteiger partial charge < -0.3 is 5.73 Å². The Morgan fingerprint density at radius 3 is 2.80 bits per heavy atom. The molecular formula is C9H10BrN3OS. The lowest BCUT2D eigenvalue weighted by Crippen LogP contribution is -2.44. The third-order valence-electron chi connectivity index (χ3n) is 1.58. The number of amides is 1. The molecule has 1 rings (SSSR count). The number of benzene rings is 1. The number of carbonyl (C=O) groups is 1. The van der Waals surface area contributed by atoms with Crippen molar-refractivity contribution in [2.45, 2.75) is 6.42 Å². The Kier molecular flexibility index (Phi) is 4.51. The molecule has 1 amide bonds. The molecule has 4 N–H and O–H groups in total. The van der Waals surface area contributed by atoms with Crippen LogP contribution in [0.1, 0.15) is 5.56 Å². The van der Waals surface area contributed by atoms with Gasteiger partial charge in [-0.3, -0.25) is 15.6 Å². The summed E-state index contributed by atoms with van der Waals surface area (Å²) in [6.45, 7) is 0. The van der Waals surface area contributed by atoms with Crippen molar-refractivity contribution < 1.29 is 4.79 Å². The number of hydrogen-bond donors (Lipinski definition) is 3. The number of hydrazine groups is 1. The number of hydrogen-bond acceptors (Lipinski definition) is 2. The van der Waals surface area contributed by atoms with Crippen molar-refractivity contribution in [2.75, 3.05) is 0 Å². The average Bonchev–Trinajstić information content (AvgIpc) is 2.15. The summed E-state index contributed by atoms with van der Waals surface area (Å²) in [5.41, 5.74) is 10.8. The van der Waals surface area contributed by atoms with Gasteiger partial charge in [-0.15, -0.1) is 0 Å². The topological polar surface area (TPSA) is 67.2 Å². The molecule has 0 aromatic heterocycles. The van der Waals surface area contributed by atoms with Gasteiger partial charge in [0.1, 0.15) is 0 Å². The molecule has 0 saturated heterocycles. The van der Waals surface area contributed by atoms with Crippen molar-refractivity contribution in [3.8, 4) is 0 Å². The third-order valence-corrected chi connectivity index (χ3v) is 2.17. The van der Waals surface area contributed by atoms with Gasteiger partial charge >= 0.3 is 0 Å². The monoisotopic (exact) mass is 287 g/mol. The number of nitrogens with one attached hydrogen (secondary N) is 2. The number of thiocarbonyl (C=S) groups is 1. The second kappa shape index (κ2) is 5.67. The first kappa shape index (κ1) is 11.9. The van der Waals surface area contributed by atoms with Crippen LogP contribution < -0.4 is 16.6 Å². The molecule has 1 aromatic carbocycles. The highest BCUT2D eigenvalue weighted by Gasteiger charge is 2.02. The van der Waals surface area contributed by atoms with Crippen LogP contribution in [-0.2, 0) is 11.2 Å². The summed E-state index contributed by atoms with van der Waals surface area (Å²) >= 11 is 7.87. The van der Waals surface area contributed by atoms with Crippen LogP contribution in [0.4, 0.5) is 0 Å². The van der Waals surface area contributed by atoms with Crippen LogP contribution in [-0.4, -0.2) is 11.0 Å². The average molecular weight is 288 g/mol. The number of halogens is 1. The molecule has 0 bridgehead atoms. The maximum Gasteiger partial charge on any atom is 0.242 e. The Hall–Kier alpha value is -1.14. The zero-order chi connectivity index (χ0) is 11.3. The van der Waals surface area contributed by atoms with Crippen LogP contribution in [0.5, 0.6) is 0 Å². The number of nitrogens with two attached hydrogens (primary N) is 1. The SMILES string of the molecule is NC(=S)NNC(=O)Cc1cccc(Br)c1. The van der Waals surface area contributed by atoms with Crippen LogP contribution in [0.2, 0.25) is 0 Å². The molecule has 0 aliphatic heterocycles. The Morgan fingerprint density at radius 2 is 2.20 bits per heavy atom. The molecule has 15 heavy (non-hydrogen) atoms. The summed E-state index contributed by atoms with van der Waals surface area (Å²) in [6, 6.07) is 7.51.